The highest BCUT2D eigenvalue weighted by molar-refractivity contribution is 9.10. The summed E-state index contributed by atoms with van der Waals surface area (Å²) in [5.41, 5.74) is 1.71. The second kappa shape index (κ2) is 5.95. The van der Waals surface area contributed by atoms with E-state index < -0.39 is 0 Å². The van der Waals surface area contributed by atoms with Crippen molar-refractivity contribution in [2.45, 2.75) is 6.54 Å². The quantitative estimate of drug-likeness (QED) is 0.755. The summed E-state index contributed by atoms with van der Waals surface area (Å²) in [7, 11) is 0. The van der Waals surface area contributed by atoms with Crippen LogP contribution in [0.25, 0.3) is 0 Å². The molecule has 18 heavy (non-hydrogen) atoms. The van der Waals surface area contributed by atoms with Crippen molar-refractivity contribution in [2.75, 3.05) is 5.32 Å². The first-order valence-corrected chi connectivity index (χ1v) is 7.19. The largest absolute Gasteiger partial charge is 0.508 e. The van der Waals surface area contributed by atoms with Gasteiger partial charge in [0.1, 0.15) is 5.75 Å². The van der Waals surface area contributed by atoms with Gasteiger partial charge in [-0.05, 0) is 52.3 Å². The van der Waals surface area contributed by atoms with Crippen molar-refractivity contribution in [1.82, 2.24) is 0 Å². The van der Waals surface area contributed by atoms with Crippen molar-refractivity contribution in [3.05, 3.63) is 55.9 Å². The van der Waals surface area contributed by atoms with Gasteiger partial charge in [0.25, 0.3) is 0 Å². The summed E-state index contributed by atoms with van der Waals surface area (Å²) < 4.78 is 1.86. The molecule has 0 heterocycles. The van der Waals surface area contributed by atoms with Crippen LogP contribution in [-0.2, 0) is 6.54 Å². The molecule has 0 aromatic heterocycles. The Morgan fingerprint density at radius 2 is 1.89 bits per heavy atom. The second-order valence-electron chi connectivity index (χ2n) is 3.75. The molecule has 2 N–H and O–H groups in total. The van der Waals surface area contributed by atoms with Gasteiger partial charge in [0.15, 0.2) is 0 Å². The van der Waals surface area contributed by atoms with Gasteiger partial charge in [-0.25, -0.2) is 0 Å². The lowest BCUT2D eigenvalue weighted by atomic mass is 10.2. The van der Waals surface area contributed by atoms with Crippen molar-refractivity contribution in [3.63, 3.8) is 0 Å². The summed E-state index contributed by atoms with van der Waals surface area (Å²) in [5, 5.41) is 13.6. The van der Waals surface area contributed by atoms with Crippen LogP contribution in [0.5, 0.6) is 5.75 Å². The zero-order chi connectivity index (χ0) is 13.1. The maximum absolute atomic E-state index is 9.74. The Kier molecular flexibility index (Phi) is 4.54. The van der Waals surface area contributed by atoms with Crippen LogP contribution in [0.4, 0.5) is 5.69 Å². The lowest BCUT2D eigenvalue weighted by molar-refractivity contribution is 0.469. The minimum atomic E-state index is 0.267. The van der Waals surface area contributed by atoms with Crippen LogP contribution in [0.1, 0.15) is 5.56 Å². The van der Waals surface area contributed by atoms with E-state index in [0.717, 1.165) is 20.2 Å². The number of benzene rings is 2. The van der Waals surface area contributed by atoms with Crippen LogP contribution in [0.15, 0.2) is 45.3 Å². The Hall–Kier alpha value is -0.710. The number of anilines is 1. The van der Waals surface area contributed by atoms with Crippen molar-refractivity contribution in [2.24, 2.45) is 0 Å². The summed E-state index contributed by atoms with van der Waals surface area (Å²) in [6, 6.07) is 10.9. The third-order valence-corrected chi connectivity index (χ3v) is 3.86. The summed E-state index contributed by atoms with van der Waals surface area (Å²) in [6.07, 6.45) is 0. The van der Waals surface area contributed by atoms with Gasteiger partial charge in [0, 0.05) is 26.1 Å². The van der Waals surface area contributed by atoms with E-state index in [4.69, 9.17) is 11.6 Å². The molecule has 0 atom stereocenters. The summed E-state index contributed by atoms with van der Waals surface area (Å²) in [6.45, 7) is 0.518. The third-order valence-electron chi connectivity index (χ3n) is 2.44. The molecule has 0 aliphatic carbocycles. The molecule has 2 aromatic carbocycles. The van der Waals surface area contributed by atoms with Gasteiger partial charge in [0.2, 0.25) is 0 Å². The molecule has 0 saturated carbocycles. The van der Waals surface area contributed by atoms with Crippen molar-refractivity contribution in [3.8, 4) is 5.75 Å². The maximum atomic E-state index is 9.74. The Bertz CT molecular complexity index is 523. The molecule has 0 fully saturated rings. The van der Waals surface area contributed by atoms with E-state index in [0.29, 0.717) is 11.6 Å². The van der Waals surface area contributed by atoms with Gasteiger partial charge in [-0.1, -0.05) is 27.5 Å². The number of phenols is 1. The molecule has 2 nitrogen and oxygen atoms in total. The lowest BCUT2D eigenvalue weighted by Gasteiger charge is -2.10. The zero-order valence-corrected chi connectivity index (χ0v) is 13.2. The summed E-state index contributed by atoms with van der Waals surface area (Å²) >= 11 is 12.8. The van der Waals surface area contributed by atoms with Crippen LogP contribution in [-0.4, -0.2) is 5.11 Å². The van der Waals surface area contributed by atoms with Crippen LogP contribution < -0.4 is 5.32 Å². The first-order chi connectivity index (χ1) is 8.56. The monoisotopic (exact) mass is 389 g/mol. The molecule has 0 aliphatic heterocycles. The van der Waals surface area contributed by atoms with Gasteiger partial charge in [-0.2, -0.15) is 0 Å². The highest BCUT2D eigenvalue weighted by Gasteiger charge is 2.04. The van der Waals surface area contributed by atoms with Crippen LogP contribution in [0.3, 0.4) is 0 Å². The molecule has 0 saturated heterocycles. The molecular weight excluding hydrogens is 381 g/mol. The summed E-state index contributed by atoms with van der Waals surface area (Å²) in [4.78, 5) is 0. The fourth-order valence-electron chi connectivity index (χ4n) is 1.52. The number of rotatable bonds is 3. The minimum absolute atomic E-state index is 0.267. The molecular formula is C13H10Br2ClNO. The first-order valence-electron chi connectivity index (χ1n) is 5.22. The summed E-state index contributed by atoms with van der Waals surface area (Å²) in [5.74, 6) is 0.267. The van der Waals surface area contributed by atoms with E-state index in [1.54, 1.807) is 12.1 Å². The number of hydrogen-bond donors (Lipinski definition) is 2. The molecule has 2 aromatic rings. The van der Waals surface area contributed by atoms with E-state index in [1.165, 1.54) is 0 Å². The average Bonchev–Trinajstić information content (AvgIpc) is 2.34. The fourth-order valence-corrected chi connectivity index (χ4v) is 2.49. The number of nitrogens with one attached hydrogen (secondary N) is 1. The Morgan fingerprint density at radius 3 is 2.67 bits per heavy atom. The average molecular weight is 391 g/mol. The van der Waals surface area contributed by atoms with E-state index in [-0.39, 0.29) is 5.75 Å². The predicted molar refractivity (Wildman–Crippen MR) is 82.3 cm³/mol. The molecule has 0 aliphatic rings. The molecule has 0 amide bonds. The van der Waals surface area contributed by atoms with Gasteiger partial charge in [-0.15, -0.1) is 0 Å². The Balaban J connectivity index is 2.16. The number of hydrogen-bond acceptors (Lipinski definition) is 2. The van der Waals surface area contributed by atoms with Gasteiger partial charge in [0.05, 0.1) is 5.69 Å². The first kappa shape index (κ1) is 13.7. The standard InChI is InChI=1S/C13H10Br2ClNO/c14-9-1-4-13(18)8(5-9)7-17-12-6-10(16)2-3-11(12)15/h1-6,17-18H,7H2. The van der Waals surface area contributed by atoms with Crippen LogP contribution in [0, 0.1) is 0 Å². The van der Waals surface area contributed by atoms with E-state index in [9.17, 15) is 5.11 Å². The van der Waals surface area contributed by atoms with Crippen molar-refractivity contribution < 1.29 is 5.11 Å². The lowest BCUT2D eigenvalue weighted by Crippen LogP contribution is -2.00. The zero-order valence-electron chi connectivity index (χ0n) is 9.25. The van der Waals surface area contributed by atoms with Gasteiger partial charge >= 0.3 is 0 Å². The van der Waals surface area contributed by atoms with E-state index in [1.807, 2.05) is 24.3 Å². The number of halogens is 3. The van der Waals surface area contributed by atoms with Gasteiger partial charge < -0.3 is 10.4 Å². The third kappa shape index (κ3) is 3.40. The number of aromatic hydroxyl groups is 1. The molecule has 0 unspecified atom stereocenters. The van der Waals surface area contributed by atoms with Crippen molar-refractivity contribution >= 4 is 49.1 Å². The molecule has 0 spiro atoms. The topological polar surface area (TPSA) is 32.3 Å². The number of phenolic OH excluding ortho intramolecular Hbond substituents is 1. The Morgan fingerprint density at radius 1 is 1.11 bits per heavy atom. The molecule has 0 bridgehead atoms. The van der Waals surface area contributed by atoms with Crippen molar-refractivity contribution in [1.29, 1.82) is 0 Å². The SMILES string of the molecule is Oc1ccc(Br)cc1CNc1cc(Cl)ccc1Br. The van der Waals surface area contributed by atoms with Crippen LogP contribution in [0.2, 0.25) is 5.02 Å². The molecule has 2 rings (SSSR count). The molecule has 94 valence electrons. The highest BCUT2D eigenvalue weighted by Crippen LogP contribution is 2.28. The maximum Gasteiger partial charge on any atom is 0.120 e. The minimum Gasteiger partial charge on any atom is -0.508 e. The van der Waals surface area contributed by atoms with Crippen LogP contribution >= 0.6 is 43.5 Å². The fraction of sp³-hybridized carbons (Fsp3) is 0.0769. The molecule has 0 radical (unpaired) electrons. The second-order valence-corrected chi connectivity index (χ2v) is 5.96. The van der Waals surface area contributed by atoms with E-state index in [2.05, 4.69) is 37.2 Å². The van der Waals surface area contributed by atoms with Gasteiger partial charge in [-0.3, -0.25) is 0 Å². The smallest absolute Gasteiger partial charge is 0.120 e. The Labute approximate surface area is 127 Å². The highest BCUT2D eigenvalue weighted by atomic mass is 79.9. The predicted octanol–water partition coefficient (Wildman–Crippen LogP) is 5.18. The normalized spacial score (nSPS) is 10.4. The molecule has 5 heteroatoms. The van der Waals surface area contributed by atoms with E-state index >= 15 is 0 Å².